The minimum atomic E-state index is -0.198. The number of benzene rings is 2. The SMILES string of the molecule is Cn1c2c(c3cc(F)ccc31)/C(c1ccccc1)=C\COCC2. The lowest BCUT2D eigenvalue weighted by Crippen LogP contribution is -2.09. The topological polar surface area (TPSA) is 14.2 Å². The normalized spacial score (nSPS) is 17.2. The summed E-state index contributed by atoms with van der Waals surface area (Å²) in [5.74, 6) is -0.198. The molecule has 1 aromatic heterocycles. The van der Waals surface area contributed by atoms with Gasteiger partial charge in [0.05, 0.1) is 13.2 Å². The molecule has 2 heterocycles. The molecule has 0 amide bonds. The minimum Gasteiger partial charge on any atom is -0.377 e. The van der Waals surface area contributed by atoms with Gasteiger partial charge in [-0.3, -0.25) is 0 Å². The zero-order valence-electron chi connectivity index (χ0n) is 13.1. The van der Waals surface area contributed by atoms with Crippen molar-refractivity contribution in [3.05, 3.63) is 77.2 Å². The summed E-state index contributed by atoms with van der Waals surface area (Å²) in [6.45, 7) is 1.26. The standard InChI is InChI=1S/C20H18FNO/c1-22-18-8-7-15(21)13-17(18)20-16(14-5-3-2-4-6-14)9-11-23-12-10-19(20)22/h2-9,13H,10-12H2,1H3/b16-9-. The molecule has 0 bridgehead atoms. The van der Waals surface area contributed by atoms with Gasteiger partial charge in [0.1, 0.15) is 5.82 Å². The van der Waals surface area contributed by atoms with Crippen LogP contribution < -0.4 is 0 Å². The van der Waals surface area contributed by atoms with Crippen molar-refractivity contribution in [2.75, 3.05) is 13.2 Å². The maximum Gasteiger partial charge on any atom is 0.123 e. The van der Waals surface area contributed by atoms with Crippen LogP contribution >= 0.6 is 0 Å². The third-order valence-electron chi connectivity index (χ3n) is 4.53. The summed E-state index contributed by atoms with van der Waals surface area (Å²) in [4.78, 5) is 0. The molecule has 2 aromatic carbocycles. The molecule has 4 rings (SSSR count). The van der Waals surface area contributed by atoms with Crippen LogP contribution in [0, 0.1) is 5.82 Å². The smallest absolute Gasteiger partial charge is 0.123 e. The molecule has 3 heteroatoms. The number of hydrogen-bond donors (Lipinski definition) is 0. The second-order valence-electron chi connectivity index (χ2n) is 5.85. The van der Waals surface area contributed by atoms with Gasteiger partial charge in [0, 0.05) is 35.6 Å². The van der Waals surface area contributed by atoms with Gasteiger partial charge in [-0.15, -0.1) is 0 Å². The summed E-state index contributed by atoms with van der Waals surface area (Å²) in [6.07, 6.45) is 2.93. The Kier molecular flexibility index (Phi) is 3.50. The molecule has 0 radical (unpaired) electrons. The monoisotopic (exact) mass is 307 g/mol. The first kappa shape index (κ1) is 14.2. The number of aromatic nitrogens is 1. The lowest BCUT2D eigenvalue weighted by Gasteiger charge is -2.15. The Morgan fingerprint density at radius 2 is 1.91 bits per heavy atom. The Bertz CT molecular complexity index is 893. The fraction of sp³-hybridized carbons (Fsp3) is 0.200. The molecule has 0 N–H and O–H groups in total. The van der Waals surface area contributed by atoms with Crippen LogP contribution in [0.4, 0.5) is 4.39 Å². The van der Waals surface area contributed by atoms with E-state index in [9.17, 15) is 4.39 Å². The first-order chi connectivity index (χ1) is 11.3. The summed E-state index contributed by atoms with van der Waals surface area (Å²) in [7, 11) is 2.04. The van der Waals surface area contributed by atoms with Crippen LogP contribution in [0.2, 0.25) is 0 Å². The highest BCUT2D eigenvalue weighted by atomic mass is 19.1. The Hall–Kier alpha value is -2.39. The van der Waals surface area contributed by atoms with Crippen molar-refractivity contribution in [1.82, 2.24) is 4.57 Å². The Morgan fingerprint density at radius 1 is 1.09 bits per heavy atom. The summed E-state index contributed by atoms with van der Waals surface area (Å²) in [5.41, 5.74) is 5.64. The van der Waals surface area contributed by atoms with Crippen molar-refractivity contribution in [2.24, 2.45) is 7.05 Å². The molecule has 3 aromatic rings. The van der Waals surface area contributed by atoms with Gasteiger partial charge in [-0.25, -0.2) is 4.39 Å². The van der Waals surface area contributed by atoms with Gasteiger partial charge in [0.25, 0.3) is 0 Å². The molecule has 0 saturated heterocycles. The van der Waals surface area contributed by atoms with Gasteiger partial charge in [-0.05, 0) is 29.3 Å². The summed E-state index contributed by atoms with van der Waals surface area (Å²) < 4.78 is 21.7. The fourth-order valence-electron chi connectivity index (χ4n) is 3.44. The zero-order chi connectivity index (χ0) is 15.8. The highest BCUT2D eigenvalue weighted by Crippen LogP contribution is 2.36. The van der Waals surface area contributed by atoms with E-state index < -0.39 is 0 Å². The van der Waals surface area contributed by atoms with E-state index in [1.807, 2.05) is 31.3 Å². The second-order valence-corrected chi connectivity index (χ2v) is 5.85. The van der Waals surface area contributed by atoms with Crippen LogP contribution in [-0.4, -0.2) is 17.8 Å². The van der Waals surface area contributed by atoms with Crippen molar-refractivity contribution in [3.63, 3.8) is 0 Å². The maximum atomic E-state index is 13.9. The fourth-order valence-corrected chi connectivity index (χ4v) is 3.44. The van der Waals surface area contributed by atoms with E-state index in [1.54, 1.807) is 6.07 Å². The first-order valence-corrected chi connectivity index (χ1v) is 7.86. The number of fused-ring (bicyclic) bond motifs is 3. The number of rotatable bonds is 1. The van der Waals surface area contributed by atoms with Gasteiger partial charge in [0.2, 0.25) is 0 Å². The lowest BCUT2D eigenvalue weighted by molar-refractivity contribution is 0.164. The molecule has 116 valence electrons. The van der Waals surface area contributed by atoms with Gasteiger partial charge >= 0.3 is 0 Å². The van der Waals surface area contributed by atoms with E-state index >= 15 is 0 Å². The van der Waals surface area contributed by atoms with Crippen molar-refractivity contribution in [3.8, 4) is 0 Å². The number of nitrogens with zero attached hydrogens (tertiary/aromatic N) is 1. The van der Waals surface area contributed by atoms with Crippen molar-refractivity contribution < 1.29 is 9.13 Å². The van der Waals surface area contributed by atoms with E-state index in [0.717, 1.165) is 34.0 Å². The van der Waals surface area contributed by atoms with Crippen LogP contribution in [0.15, 0.2) is 54.6 Å². The van der Waals surface area contributed by atoms with Crippen molar-refractivity contribution >= 4 is 16.5 Å². The Labute approximate surface area is 134 Å². The number of ether oxygens (including phenoxy) is 1. The number of hydrogen-bond acceptors (Lipinski definition) is 1. The minimum absolute atomic E-state index is 0.198. The van der Waals surface area contributed by atoms with Gasteiger partial charge in [-0.2, -0.15) is 0 Å². The second kappa shape index (κ2) is 5.67. The summed E-state index contributed by atoms with van der Waals surface area (Å²) >= 11 is 0. The average molecular weight is 307 g/mol. The molecule has 0 spiro atoms. The van der Waals surface area contributed by atoms with E-state index in [4.69, 9.17) is 4.74 Å². The van der Waals surface area contributed by atoms with Crippen LogP contribution in [0.1, 0.15) is 16.8 Å². The first-order valence-electron chi connectivity index (χ1n) is 7.86. The van der Waals surface area contributed by atoms with E-state index in [-0.39, 0.29) is 5.82 Å². The zero-order valence-corrected chi connectivity index (χ0v) is 13.1. The molecule has 0 atom stereocenters. The molecule has 23 heavy (non-hydrogen) atoms. The molecule has 0 fully saturated rings. The lowest BCUT2D eigenvalue weighted by atomic mass is 9.93. The summed E-state index contributed by atoms with van der Waals surface area (Å²) in [5, 5.41) is 0.972. The molecule has 0 unspecified atom stereocenters. The van der Waals surface area contributed by atoms with Crippen LogP contribution in [0.3, 0.4) is 0 Å². The molecule has 2 nitrogen and oxygen atoms in total. The average Bonchev–Trinajstić information content (AvgIpc) is 2.80. The third-order valence-corrected chi connectivity index (χ3v) is 4.53. The number of aryl methyl sites for hydroxylation is 1. The Morgan fingerprint density at radius 3 is 2.74 bits per heavy atom. The largest absolute Gasteiger partial charge is 0.377 e. The quantitative estimate of drug-likeness (QED) is 0.653. The van der Waals surface area contributed by atoms with Crippen LogP contribution in [0.5, 0.6) is 0 Å². The summed E-state index contributed by atoms with van der Waals surface area (Å²) in [6, 6.07) is 15.3. The van der Waals surface area contributed by atoms with Gasteiger partial charge < -0.3 is 9.30 Å². The highest BCUT2D eigenvalue weighted by Gasteiger charge is 2.21. The maximum absolute atomic E-state index is 13.9. The Balaban J connectivity index is 2.06. The van der Waals surface area contributed by atoms with E-state index in [1.165, 1.54) is 11.8 Å². The molecule has 1 aliphatic heterocycles. The van der Waals surface area contributed by atoms with E-state index in [0.29, 0.717) is 13.2 Å². The van der Waals surface area contributed by atoms with E-state index in [2.05, 4.69) is 22.8 Å². The van der Waals surface area contributed by atoms with Gasteiger partial charge in [-0.1, -0.05) is 36.4 Å². The molecular formula is C20H18FNO. The predicted octanol–water partition coefficient (Wildman–Crippen LogP) is 4.32. The molecule has 0 saturated carbocycles. The molecular weight excluding hydrogens is 289 g/mol. The van der Waals surface area contributed by atoms with Crippen molar-refractivity contribution in [1.29, 1.82) is 0 Å². The highest BCUT2D eigenvalue weighted by molar-refractivity contribution is 5.99. The number of halogens is 1. The molecule has 1 aliphatic rings. The van der Waals surface area contributed by atoms with Crippen LogP contribution in [-0.2, 0) is 18.2 Å². The predicted molar refractivity (Wildman–Crippen MR) is 90.9 cm³/mol. The van der Waals surface area contributed by atoms with Crippen LogP contribution in [0.25, 0.3) is 16.5 Å². The molecule has 0 aliphatic carbocycles. The third kappa shape index (κ3) is 2.37. The van der Waals surface area contributed by atoms with Gasteiger partial charge in [0.15, 0.2) is 0 Å². The van der Waals surface area contributed by atoms with Crippen molar-refractivity contribution in [2.45, 2.75) is 6.42 Å².